The monoisotopic (exact) mass is 540 g/mol. The molecule has 0 saturated carbocycles. The number of hydrogen-bond acceptors (Lipinski definition) is 11. The highest BCUT2D eigenvalue weighted by atomic mass is 19.4. The van der Waals surface area contributed by atoms with Crippen molar-refractivity contribution in [2.75, 3.05) is 57.4 Å². The van der Waals surface area contributed by atoms with Gasteiger partial charge in [-0.2, -0.15) is 18.2 Å². The van der Waals surface area contributed by atoms with Crippen molar-refractivity contribution in [2.45, 2.75) is 32.0 Å². The Bertz CT molecular complexity index is 1070. The number of carbonyl (C=O) groups excluding carboxylic acids is 1. The molecule has 11 nitrogen and oxygen atoms in total. The van der Waals surface area contributed by atoms with Crippen LogP contribution in [0.1, 0.15) is 19.8 Å². The molecule has 2 aromatic heterocycles. The quantitative estimate of drug-likeness (QED) is 0.340. The lowest BCUT2D eigenvalue weighted by molar-refractivity contribution is -0.190. The largest absolute Gasteiger partial charge is 0.491 e. The number of nitrogens with one attached hydrogen (secondary N) is 2. The maximum Gasteiger partial charge on any atom is 0.491 e. The number of halogens is 3. The molecule has 0 amide bonds. The number of alkyl halides is 3. The molecule has 14 heteroatoms. The third kappa shape index (κ3) is 7.57. The standard InChI is InChI=1S/C24H31F3N6O5/c1-16-12-29-8-9-33(16)20-22(32-19(14-31-20)38-23(34)24(25,26)27)36-11-10-35-18-5-3-7-30-21(18)37-15-17-4-2-6-28-13-17/h3,5,7,14,16-17,28-29H,2,4,6,8-13,15H2,1H3/t16-,17?/m1/s1. The van der Waals surface area contributed by atoms with Crippen LogP contribution in [-0.4, -0.2) is 85.7 Å². The Balaban J connectivity index is 1.39. The molecule has 2 atom stereocenters. The predicted molar refractivity (Wildman–Crippen MR) is 130 cm³/mol. The Hall–Kier alpha value is -3.39. The molecular weight excluding hydrogens is 509 g/mol. The van der Waals surface area contributed by atoms with Crippen molar-refractivity contribution in [2.24, 2.45) is 5.92 Å². The van der Waals surface area contributed by atoms with Crippen molar-refractivity contribution in [1.82, 2.24) is 25.6 Å². The number of pyridine rings is 1. The number of hydrogen-bond donors (Lipinski definition) is 2. The molecule has 0 spiro atoms. The molecule has 1 unspecified atom stereocenters. The van der Waals surface area contributed by atoms with Crippen LogP contribution in [0.15, 0.2) is 24.5 Å². The van der Waals surface area contributed by atoms with Crippen molar-refractivity contribution in [3.63, 3.8) is 0 Å². The molecule has 0 bridgehead atoms. The Morgan fingerprint density at radius 1 is 1.11 bits per heavy atom. The van der Waals surface area contributed by atoms with E-state index in [0.29, 0.717) is 49.6 Å². The van der Waals surface area contributed by atoms with E-state index in [9.17, 15) is 18.0 Å². The second kappa shape index (κ2) is 12.9. The number of aromatic nitrogens is 3. The molecule has 0 radical (unpaired) electrons. The molecule has 2 aromatic rings. The second-order valence-electron chi connectivity index (χ2n) is 9.00. The first-order chi connectivity index (χ1) is 18.3. The van der Waals surface area contributed by atoms with Gasteiger partial charge in [0.2, 0.25) is 5.88 Å². The molecule has 4 rings (SSSR count). The second-order valence-corrected chi connectivity index (χ2v) is 9.00. The van der Waals surface area contributed by atoms with E-state index < -0.39 is 18.0 Å². The van der Waals surface area contributed by atoms with Gasteiger partial charge in [0, 0.05) is 44.3 Å². The SMILES string of the molecule is C[C@@H]1CNCCN1c1ncc(OC(=O)C(F)(F)F)nc1OCCOc1cccnc1OCC1CCCNC1. The molecule has 0 aliphatic carbocycles. The zero-order valence-electron chi connectivity index (χ0n) is 21.0. The van der Waals surface area contributed by atoms with E-state index in [4.69, 9.17) is 14.2 Å². The van der Waals surface area contributed by atoms with E-state index in [1.807, 2.05) is 11.8 Å². The number of nitrogens with zero attached hydrogens (tertiary/aromatic N) is 4. The fourth-order valence-corrected chi connectivity index (χ4v) is 4.15. The third-order valence-electron chi connectivity index (χ3n) is 6.07. The predicted octanol–water partition coefficient (Wildman–Crippen LogP) is 1.97. The van der Waals surface area contributed by atoms with Crippen molar-refractivity contribution in [1.29, 1.82) is 0 Å². The van der Waals surface area contributed by atoms with Crippen LogP contribution in [0, 0.1) is 5.92 Å². The Morgan fingerprint density at radius 2 is 1.92 bits per heavy atom. The van der Waals surface area contributed by atoms with E-state index in [2.05, 4.69) is 30.3 Å². The average molecular weight is 541 g/mol. The van der Waals surface area contributed by atoms with Crippen LogP contribution in [0.25, 0.3) is 0 Å². The van der Waals surface area contributed by atoms with Crippen molar-refractivity contribution in [3.8, 4) is 23.4 Å². The third-order valence-corrected chi connectivity index (χ3v) is 6.07. The van der Waals surface area contributed by atoms with Crippen LogP contribution in [-0.2, 0) is 4.79 Å². The smallest absolute Gasteiger partial charge is 0.484 e. The fraction of sp³-hybridized carbons (Fsp3) is 0.583. The summed E-state index contributed by atoms with van der Waals surface area (Å²) >= 11 is 0. The van der Waals surface area contributed by atoms with Gasteiger partial charge in [-0.15, -0.1) is 0 Å². The summed E-state index contributed by atoms with van der Waals surface area (Å²) in [6.45, 7) is 6.38. The van der Waals surface area contributed by atoms with Gasteiger partial charge in [0.05, 0.1) is 12.8 Å². The molecule has 4 heterocycles. The van der Waals surface area contributed by atoms with Gasteiger partial charge in [-0.3, -0.25) is 0 Å². The molecule has 38 heavy (non-hydrogen) atoms. The van der Waals surface area contributed by atoms with Crippen LogP contribution in [0.3, 0.4) is 0 Å². The topological polar surface area (TPSA) is 120 Å². The van der Waals surface area contributed by atoms with E-state index in [-0.39, 0.29) is 25.1 Å². The summed E-state index contributed by atoms with van der Waals surface area (Å²) in [5.41, 5.74) is 0. The minimum absolute atomic E-state index is 0.0142. The lowest BCUT2D eigenvalue weighted by Gasteiger charge is -2.35. The number of piperidine rings is 1. The van der Waals surface area contributed by atoms with Crippen LogP contribution in [0.2, 0.25) is 0 Å². The maximum atomic E-state index is 12.7. The minimum atomic E-state index is -5.17. The summed E-state index contributed by atoms with van der Waals surface area (Å²) in [5.74, 6) is -1.54. The van der Waals surface area contributed by atoms with E-state index in [1.165, 1.54) is 0 Å². The number of anilines is 1. The summed E-state index contributed by atoms with van der Waals surface area (Å²) in [4.78, 5) is 25.6. The number of carbonyl (C=O) groups is 1. The molecule has 208 valence electrons. The molecule has 2 aliphatic heterocycles. The first kappa shape index (κ1) is 27.6. The Morgan fingerprint density at radius 3 is 2.68 bits per heavy atom. The van der Waals surface area contributed by atoms with Crippen molar-refractivity contribution in [3.05, 3.63) is 24.5 Å². The highest BCUT2D eigenvalue weighted by molar-refractivity contribution is 5.77. The normalized spacial score (nSPS) is 20.1. The summed E-state index contributed by atoms with van der Waals surface area (Å²) < 4.78 is 59.8. The Labute approximate surface area is 218 Å². The highest BCUT2D eigenvalue weighted by Crippen LogP contribution is 2.30. The van der Waals surface area contributed by atoms with Crippen molar-refractivity contribution >= 4 is 11.8 Å². The number of piperazine rings is 1. The number of rotatable bonds is 10. The number of ether oxygens (including phenoxy) is 4. The zero-order valence-corrected chi connectivity index (χ0v) is 21.0. The molecule has 0 aromatic carbocycles. The lowest BCUT2D eigenvalue weighted by Crippen LogP contribution is -2.50. The van der Waals surface area contributed by atoms with Gasteiger partial charge in [0.25, 0.3) is 11.8 Å². The molecular formula is C24H31F3N6O5. The summed E-state index contributed by atoms with van der Waals surface area (Å²) in [6.07, 6.45) is -0.402. The molecule has 2 aliphatic rings. The van der Waals surface area contributed by atoms with Gasteiger partial charge in [-0.1, -0.05) is 0 Å². The minimum Gasteiger partial charge on any atom is -0.484 e. The van der Waals surface area contributed by atoms with E-state index in [0.717, 1.165) is 32.1 Å². The van der Waals surface area contributed by atoms with Crippen LogP contribution in [0.5, 0.6) is 23.4 Å². The first-order valence-corrected chi connectivity index (χ1v) is 12.5. The van der Waals surface area contributed by atoms with Gasteiger partial charge in [0.15, 0.2) is 11.6 Å². The maximum absolute atomic E-state index is 12.7. The first-order valence-electron chi connectivity index (χ1n) is 12.5. The van der Waals surface area contributed by atoms with E-state index >= 15 is 0 Å². The van der Waals surface area contributed by atoms with Crippen molar-refractivity contribution < 1.29 is 36.9 Å². The molecule has 2 fully saturated rings. The molecule has 2 saturated heterocycles. The Kier molecular flexibility index (Phi) is 9.39. The van der Waals surface area contributed by atoms with Gasteiger partial charge in [-0.05, 0) is 38.4 Å². The van der Waals surface area contributed by atoms with Crippen LogP contribution in [0.4, 0.5) is 19.0 Å². The van der Waals surface area contributed by atoms with Gasteiger partial charge in [0.1, 0.15) is 13.2 Å². The fourth-order valence-electron chi connectivity index (χ4n) is 4.15. The van der Waals surface area contributed by atoms with Crippen LogP contribution >= 0.6 is 0 Å². The average Bonchev–Trinajstić information content (AvgIpc) is 2.91. The van der Waals surface area contributed by atoms with Gasteiger partial charge < -0.3 is 34.5 Å². The number of esters is 1. The zero-order chi connectivity index (χ0) is 27.0. The lowest BCUT2D eigenvalue weighted by atomic mass is 10.0. The summed E-state index contributed by atoms with van der Waals surface area (Å²) in [6, 6.07) is 3.47. The summed E-state index contributed by atoms with van der Waals surface area (Å²) in [7, 11) is 0. The van der Waals surface area contributed by atoms with Crippen LogP contribution < -0.4 is 34.5 Å². The van der Waals surface area contributed by atoms with Gasteiger partial charge >= 0.3 is 12.1 Å². The highest BCUT2D eigenvalue weighted by Gasteiger charge is 2.42. The summed E-state index contributed by atoms with van der Waals surface area (Å²) in [5, 5.41) is 6.59. The van der Waals surface area contributed by atoms with Gasteiger partial charge in [-0.25, -0.2) is 14.8 Å². The molecule has 2 N–H and O–H groups in total. The van der Waals surface area contributed by atoms with E-state index in [1.54, 1.807) is 18.3 Å².